The van der Waals surface area contributed by atoms with E-state index < -0.39 is 15.6 Å². The molecule has 1 aliphatic carbocycles. The molecule has 1 aliphatic rings. The number of hydrogen-bond donors (Lipinski definition) is 2. The van der Waals surface area contributed by atoms with E-state index in [9.17, 15) is 13.5 Å². The van der Waals surface area contributed by atoms with E-state index in [1.807, 2.05) is 24.3 Å². The number of benzene rings is 2. The van der Waals surface area contributed by atoms with E-state index in [1.165, 1.54) is 0 Å². The third-order valence-corrected chi connectivity index (χ3v) is 5.58. The maximum absolute atomic E-state index is 12.3. The molecule has 0 radical (unpaired) electrons. The molecule has 22 heavy (non-hydrogen) atoms. The molecule has 1 atom stereocenters. The van der Waals surface area contributed by atoms with Crippen molar-refractivity contribution < 1.29 is 13.5 Å². The summed E-state index contributed by atoms with van der Waals surface area (Å²) in [7, 11) is -3.61. The molecular weight excluding hydrogens is 298 g/mol. The van der Waals surface area contributed by atoms with E-state index in [-0.39, 0.29) is 11.4 Å². The van der Waals surface area contributed by atoms with Gasteiger partial charge in [-0.2, -0.15) is 0 Å². The van der Waals surface area contributed by atoms with Gasteiger partial charge >= 0.3 is 0 Å². The van der Waals surface area contributed by atoms with Gasteiger partial charge in [0, 0.05) is 6.54 Å². The van der Waals surface area contributed by atoms with Crippen molar-refractivity contribution in [3.05, 3.63) is 65.7 Å². The molecule has 1 unspecified atom stereocenters. The topological polar surface area (TPSA) is 66.4 Å². The molecule has 0 aliphatic heterocycles. The Hall–Kier alpha value is -1.69. The van der Waals surface area contributed by atoms with E-state index in [0.717, 1.165) is 24.0 Å². The Kier molecular flexibility index (Phi) is 4.04. The SMILES string of the molecule is O=S(=O)(NCC1(O)CCCc2ccccc21)c1ccccc1. The van der Waals surface area contributed by atoms with Crippen molar-refractivity contribution in [2.45, 2.75) is 29.8 Å². The maximum Gasteiger partial charge on any atom is 0.240 e. The first-order valence-electron chi connectivity index (χ1n) is 7.37. The molecule has 0 saturated heterocycles. The van der Waals surface area contributed by atoms with Gasteiger partial charge in [-0.05, 0) is 42.5 Å². The van der Waals surface area contributed by atoms with Crippen LogP contribution in [0.4, 0.5) is 0 Å². The van der Waals surface area contributed by atoms with Crippen molar-refractivity contribution in [3.8, 4) is 0 Å². The number of fused-ring (bicyclic) bond motifs is 1. The number of aryl methyl sites for hydroxylation is 1. The average Bonchev–Trinajstić information content (AvgIpc) is 2.55. The number of aliphatic hydroxyl groups is 1. The molecule has 4 nitrogen and oxygen atoms in total. The summed E-state index contributed by atoms with van der Waals surface area (Å²) >= 11 is 0. The van der Waals surface area contributed by atoms with Crippen molar-refractivity contribution in [1.82, 2.24) is 4.72 Å². The predicted octanol–water partition coefficient (Wildman–Crippen LogP) is 2.19. The van der Waals surface area contributed by atoms with E-state index in [0.29, 0.717) is 6.42 Å². The first-order chi connectivity index (χ1) is 10.5. The van der Waals surface area contributed by atoms with Gasteiger partial charge in [0.15, 0.2) is 0 Å². The van der Waals surface area contributed by atoms with Crippen molar-refractivity contribution in [2.75, 3.05) is 6.54 Å². The van der Waals surface area contributed by atoms with Crippen LogP contribution in [0.15, 0.2) is 59.5 Å². The smallest absolute Gasteiger partial charge is 0.240 e. The van der Waals surface area contributed by atoms with Gasteiger partial charge in [-0.3, -0.25) is 0 Å². The van der Waals surface area contributed by atoms with Gasteiger partial charge in [0.2, 0.25) is 10.0 Å². The van der Waals surface area contributed by atoms with Gasteiger partial charge in [0.05, 0.1) is 4.90 Å². The third-order valence-electron chi connectivity index (χ3n) is 4.16. The lowest BCUT2D eigenvalue weighted by Crippen LogP contribution is -2.42. The number of sulfonamides is 1. The van der Waals surface area contributed by atoms with Crippen LogP contribution in [0.3, 0.4) is 0 Å². The fraction of sp³-hybridized carbons (Fsp3) is 0.294. The molecule has 2 N–H and O–H groups in total. The number of nitrogens with one attached hydrogen (secondary N) is 1. The maximum atomic E-state index is 12.3. The van der Waals surface area contributed by atoms with E-state index in [2.05, 4.69) is 4.72 Å². The molecular formula is C17H19NO3S. The summed E-state index contributed by atoms with van der Waals surface area (Å²) in [6, 6.07) is 15.9. The Balaban J connectivity index is 1.82. The molecule has 0 fully saturated rings. The Morgan fingerprint density at radius 3 is 2.50 bits per heavy atom. The zero-order chi connectivity index (χ0) is 15.6. The molecule has 5 heteroatoms. The minimum Gasteiger partial charge on any atom is -0.384 e. The highest BCUT2D eigenvalue weighted by Crippen LogP contribution is 2.34. The van der Waals surface area contributed by atoms with Gasteiger partial charge in [-0.25, -0.2) is 13.1 Å². The van der Waals surface area contributed by atoms with Crippen molar-refractivity contribution in [2.24, 2.45) is 0 Å². The molecule has 0 saturated carbocycles. The van der Waals surface area contributed by atoms with Crippen LogP contribution < -0.4 is 4.72 Å². The standard InChI is InChI=1S/C17H19NO3S/c19-17(12-6-8-14-7-4-5-11-16(14)17)13-18-22(20,21)15-9-2-1-3-10-15/h1-5,7,9-11,18-19H,6,8,12-13H2. The molecule has 116 valence electrons. The lowest BCUT2D eigenvalue weighted by atomic mass is 9.79. The average molecular weight is 317 g/mol. The van der Waals surface area contributed by atoms with Crippen LogP contribution in [-0.4, -0.2) is 20.1 Å². The van der Waals surface area contributed by atoms with Crippen molar-refractivity contribution >= 4 is 10.0 Å². The molecule has 0 aromatic heterocycles. The highest BCUT2D eigenvalue weighted by molar-refractivity contribution is 7.89. The molecule has 0 bridgehead atoms. The van der Waals surface area contributed by atoms with Crippen LogP contribution in [0.5, 0.6) is 0 Å². The third kappa shape index (κ3) is 2.92. The highest BCUT2D eigenvalue weighted by atomic mass is 32.2. The zero-order valence-electron chi connectivity index (χ0n) is 12.2. The second kappa shape index (κ2) is 5.83. The predicted molar refractivity (Wildman–Crippen MR) is 84.9 cm³/mol. The van der Waals surface area contributed by atoms with Crippen molar-refractivity contribution in [1.29, 1.82) is 0 Å². The molecule has 2 aromatic carbocycles. The van der Waals surface area contributed by atoms with Gasteiger partial charge in [-0.1, -0.05) is 42.5 Å². The van der Waals surface area contributed by atoms with E-state index in [1.54, 1.807) is 30.3 Å². The minimum absolute atomic E-state index is 0.0127. The molecule has 2 aromatic rings. The summed E-state index contributed by atoms with van der Waals surface area (Å²) in [6.45, 7) is -0.0127. The van der Waals surface area contributed by atoms with Crippen LogP contribution in [-0.2, 0) is 22.0 Å². The Bertz CT molecular complexity index is 758. The van der Waals surface area contributed by atoms with Gasteiger partial charge in [-0.15, -0.1) is 0 Å². The van der Waals surface area contributed by atoms with Gasteiger partial charge in [0.25, 0.3) is 0 Å². The van der Waals surface area contributed by atoms with Crippen LogP contribution in [0, 0.1) is 0 Å². The first kappa shape index (κ1) is 15.2. The summed E-state index contributed by atoms with van der Waals surface area (Å²) < 4.78 is 27.2. The second-order valence-corrected chi connectivity index (χ2v) is 7.45. The van der Waals surface area contributed by atoms with Crippen LogP contribution >= 0.6 is 0 Å². The summed E-state index contributed by atoms with van der Waals surface area (Å²) in [5.74, 6) is 0. The van der Waals surface area contributed by atoms with E-state index >= 15 is 0 Å². The largest absolute Gasteiger partial charge is 0.384 e. The summed E-state index contributed by atoms with van der Waals surface area (Å²) in [4.78, 5) is 0.211. The monoisotopic (exact) mass is 317 g/mol. The number of hydrogen-bond acceptors (Lipinski definition) is 3. The van der Waals surface area contributed by atoms with Gasteiger partial charge in [0.1, 0.15) is 5.60 Å². The molecule has 0 heterocycles. The Morgan fingerprint density at radius 2 is 1.73 bits per heavy atom. The lowest BCUT2D eigenvalue weighted by molar-refractivity contribution is 0.0243. The second-order valence-electron chi connectivity index (χ2n) is 5.68. The van der Waals surface area contributed by atoms with Crippen LogP contribution in [0.25, 0.3) is 0 Å². The van der Waals surface area contributed by atoms with Gasteiger partial charge < -0.3 is 5.11 Å². The summed E-state index contributed by atoms with van der Waals surface area (Å²) in [5.41, 5.74) is 0.781. The molecule has 0 amide bonds. The molecule has 0 spiro atoms. The summed E-state index contributed by atoms with van der Waals surface area (Å²) in [6.07, 6.45) is 2.33. The van der Waals surface area contributed by atoms with E-state index in [4.69, 9.17) is 0 Å². The van der Waals surface area contributed by atoms with Crippen molar-refractivity contribution in [3.63, 3.8) is 0 Å². The lowest BCUT2D eigenvalue weighted by Gasteiger charge is -2.34. The fourth-order valence-corrected chi connectivity index (χ4v) is 4.09. The first-order valence-corrected chi connectivity index (χ1v) is 8.85. The van der Waals surface area contributed by atoms with Crippen LogP contribution in [0.2, 0.25) is 0 Å². The van der Waals surface area contributed by atoms with Crippen LogP contribution in [0.1, 0.15) is 24.0 Å². The fourth-order valence-electron chi connectivity index (χ4n) is 2.98. The Labute approximate surface area is 130 Å². The highest BCUT2D eigenvalue weighted by Gasteiger charge is 2.35. The zero-order valence-corrected chi connectivity index (χ0v) is 13.0. The number of rotatable bonds is 4. The normalized spacial score (nSPS) is 21.3. The molecule has 3 rings (SSSR count). The summed E-state index contributed by atoms with van der Waals surface area (Å²) in [5, 5.41) is 10.9. The quantitative estimate of drug-likeness (QED) is 0.908. The minimum atomic E-state index is -3.61. The Morgan fingerprint density at radius 1 is 1.05 bits per heavy atom.